The highest BCUT2D eigenvalue weighted by Crippen LogP contribution is 2.35. The summed E-state index contributed by atoms with van der Waals surface area (Å²) in [6.45, 7) is 3.74. The SMILES string of the molecule is Cc1ccc(C(=O)OC[C@H]2O[C@@H](n3cnc4c(-n5ccnc5Cc5ccccc5)nc(Cl)nc43)C[C@@H]2OC(=O)c2ccc(C)cc2)cc1. The van der Waals surface area contributed by atoms with Gasteiger partial charge in [-0.2, -0.15) is 9.97 Å². The number of imidazole rings is 2. The second kappa shape index (κ2) is 13.4. The Labute approximate surface area is 281 Å². The van der Waals surface area contributed by atoms with Crippen LogP contribution in [0.15, 0.2) is 97.6 Å². The Kier molecular flexibility index (Phi) is 8.70. The van der Waals surface area contributed by atoms with Gasteiger partial charge in [-0.3, -0.25) is 9.13 Å². The summed E-state index contributed by atoms with van der Waals surface area (Å²) in [6.07, 6.45) is 3.75. The van der Waals surface area contributed by atoms with E-state index in [9.17, 15) is 9.59 Å². The van der Waals surface area contributed by atoms with Crippen molar-refractivity contribution >= 4 is 34.7 Å². The summed E-state index contributed by atoms with van der Waals surface area (Å²) in [5.41, 5.74) is 4.86. The van der Waals surface area contributed by atoms with Crippen LogP contribution in [0.5, 0.6) is 0 Å². The molecule has 0 unspecified atom stereocenters. The molecule has 0 N–H and O–H groups in total. The number of carbonyl (C=O) groups excluding carboxylic acids is 2. The lowest BCUT2D eigenvalue weighted by Crippen LogP contribution is -2.32. The Bertz CT molecular complexity index is 2080. The predicted octanol–water partition coefficient (Wildman–Crippen LogP) is 6.24. The smallest absolute Gasteiger partial charge is 0.338 e. The van der Waals surface area contributed by atoms with Crippen LogP contribution in [0, 0.1) is 13.8 Å². The van der Waals surface area contributed by atoms with Crippen LogP contribution in [-0.2, 0) is 20.6 Å². The number of ether oxygens (including phenoxy) is 3. The fraction of sp³-hybridized carbons (Fsp3) is 0.222. The average molecular weight is 663 g/mol. The number of rotatable bonds is 9. The summed E-state index contributed by atoms with van der Waals surface area (Å²) in [5, 5.41) is 0.0162. The van der Waals surface area contributed by atoms with Gasteiger partial charge in [0.15, 0.2) is 17.0 Å². The number of hydrogen-bond acceptors (Lipinski definition) is 9. The molecule has 0 aliphatic carbocycles. The van der Waals surface area contributed by atoms with Crippen molar-refractivity contribution in [3.8, 4) is 5.82 Å². The van der Waals surface area contributed by atoms with Gasteiger partial charge < -0.3 is 14.2 Å². The van der Waals surface area contributed by atoms with Gasteiger partial charge >= 0.3 is 11.9 Å². The first-order chi connectivity index (χ1) is 23.3. The Morgan fingerprint density at radius 1 is 0.896 bits per heavy atom. The second-order valence-corrected chi connectivity index (χ2v) is 12.0. The zero-order valence-electron chi connectivity index (χ0n) is 26.2. The number of aromatic nitrogens is 6. The number of hydrogen-bond donors (Lipinski definition) is 0. The molecule has 1 aliphatic rings. The fourth-order valence-electron chi connectivity index (χ4n) is 5.66. The maximum absolute atomic E-state index is 13.2. The molecule has 0 bridgehead atoms. The van der Waals surface area contributed by atoms with Gasteiger partial charge in [-0.1, -0.05) is 65.7 Å². The van der Waals surface area contributed by atoms with Gasteiger partial charge in [-0.05, 0) is 55.3 Å². The maximum atomic E-state index is 13.2. The summed E-state index contributed by atoms with van der Waals surface area (Å²) < 4.78 is 21.6. The van der Waals surface area contributed by atoms with Gasteiger partial charge in [0.05, 0.1) is 17.5 Å². The lowest BCUT2D eigenvalue weighted by Gasteiger charge is -2.19. The quantitative estimate of drug-likeness (QED) is 0.131. The van der Waals surface area contributed by atoms with Gasteiger partial charge in [0, 0.05) is 25.2 Å². The van der Waals surface area contributed by atoms with E-state index in [1.807, 2.05) is 73.0 Å². The third kappa shape index (κ3) is 6.55. The average Bonchev–Trinajstić information content (AvgIpc) is 3.83. The second-order valence-electron chi connectivity index (χ2n) is 11.7. The predicted molar refractivity (Wildman–Crippen MR) is 177 cm³/mol. The molecular weight excluding hydrogens is 632 g/mol. The molecular formula is C36H31ClN6O5. The first kappa shape index (κ1) is 31.2. The van der Waals surface area contributed by atoms with Crippen LogP contribution in [0.3, 0.4) is 0 Å². The van der Waals surface area contributed by atoms with Crippen molar-refractivity contribution in [2.75, 3.05) is 6.61 Å². The van der Waals surface area contributed by atoms with E-state index in [2.05, 4.69) is 19.9 Å². The van der Waals surface area contributed by atoms with Crippen LogP contribution in [0.1, 0.15) is 55.9 Å². The highest BCUT2D eigenvalue weighted by molar-refractivity contribution is 6.28. The van der Waals surface area contributed by atoms with E-state index >= 15 is 0 Å². The zero-order chi connectivity index (χ0) is 33.2. The van der Waals surface area contributed by atoms with E-state index in [4.69, 9.17) is 25.8 Å². The molecule has 3 aromatic carbocycles. The lowest BCUT2D eigenvalue weighted by atomic mass is 10.1. The first-order valence-electron chi connectivity index (χ1n) is 15.5. The Morgan fingerprint density at radius 2 is 1.58 bits per heavy atom. The van der Waals surface area contributed by atoms with Crippen LogP contribution >= 0.6 is 11.6 Å². The highest BCUT2D eigenvalue weighted by atomic mass is 35.5. The molecule has 0 amide bonds. The van der Waals surface area contributed by atoms with Crippen LogP contribution < -0.4 is 0 Å². The van der Waals surface area contributed by atoms with Crippen molar-refractivity contribution in [3.05, 3.63) is 137 Å². The van der Waals surface area contributed by atoms with Crippen LogP contribution in [-0.4, -0.2) is 59.8 Å². The van der Waals surface area contributed by atoms with E-state index in [0.717, 1.165) is 22.5 Å². The topological polar surface area (TPSA) is 123 Å². The van der Waals surface area contributed by atoms with Crippen LogP contribution in [0.4, 0.5) is 0 Å². The van der Waals surface area contributed by atoms with E-state index in [-0.39, 0.29) is 18.3 Å². The molecule has 6 aromatic rings. The van der Waals surface area contributed by atoms with E-state index < -0.39 is 30.4 Å². The minimum absolute atomic E-state index is 0.0162. The van der Waals surface area contributed by atoms with E-state index in [1.165, 1.54) is 0 Å². The van der Waals surface area contributed by atoms with Gasteiger partial charge in [-0.15, -0.1) is 0 Å². The molecule has 1 fully saturated rings. The molecule has 7 rings (SSSR count). The third-order valence-corrected chi connectivity index (χ3v) is 8.40. The maximum Gasteiger partial charge on any atom is 0.338 e. The van der Waals surface area contributed by atoms with Gasteiger partial charge in [-0.25, -0.2) is 19.6 Å². The molecule has 1 aliphatic heterocycles. The van der Waals surface area contributed by atoms with Crippen LogP contribution in [0.2, 0.25) is 5.28 Å². The first-order valence-corrected chi connectivity index (χ1v) is 15.8. The Hall–Kier alpha value is -5.39. The minimum Gasteiger partial charge on any atom is -0.459 e. The van der Waals surface area contributed by atoms with Crippen molar-refractivity contribution in [1.29, 1.82) is 0 Å². The summed E-state index contributed by atoms with van der Waals surface area (Å²) >= 11 is 6.48. The van der Waals surface area contributed by atoms with Gasteiger partial charge in [0.1, 0.15) is 30.9 Å². The summed E-state index contributed by atoms with van der Waals surface area (Å²) in [5.74, 6) is 0.210. The van der Waals surface area contributed by atoms with Gasteiger partial charge in [0.25, 0.3) is 0 Å². The zero-order valence-corrected chi connectivity index (χ0v) is 26.9. The number of nitrogens with zero attached hydrogens (tertiary/aromatic N) is 6. The van der Waals surface area contributed by atoms with Crippen molar-refractivity contribution in [1.82, 2.24) is 29.1 Å². The summed E-state index contributed by atoms with van der Waals surface area (Å²) in [6, 6.07) is 24.2. The van der Waals surface area contributed by atoms with Gasteiger partial charge in [0.2, 0.25) is 5.28 Å². The van der Waals surface area contributed by atoms with Crippen molar-refractivity contribution in [2.45, 2.75) is 45.1 Å². The largest absolute Gasteiger partial charge is 0.459 e. The van der Waals surface area contributed by atoms with Crippen LogP contribution in [0.25, 0.3) is 17.0 Å². The fourth-order valence-corrected chi connectivity index (χ4v) is 5.82. The summed E-state index contributed by atoms with van der Waals surface area (Å²) in [7, 11) is 0. The molecule has 4 heterocycles. The summed E-state index contributed by atoms with van der Waals surface area (Å²) in [4.78, 5) is 44.3. The normalized spacial score (nSPS) is 17.4. The van der Waals surface area contributed by atoms with Crippen molar-refractivity contribution in [3.63, 3.8) is 0 Å². The lowest BCUT2D eigenvalue weighted by molar-refractivity contribution is -0.0563. The Morgan fingerprint density at radius 3 is 2.29 bits per heavy atom. The molecule has 0 saturated carbocycles. The molecule has 11 nitrogen and oxygen atoms in total. The molecule has 242 valence electrons. The number of benzene rings is 3. The standard InChI is InChI=1S/C36H31ClN6O5/c1-22-8-12-25(13-9-22)34(44)46-20-28-27(48-35(45)26-14-10-23(2)11-15-26)19-30(47-28)43-21-39-31-32(40-36(37)41-33(31)43)42-17-16-38-29(42)18-24-6-4-3-5-7-24/h3-17,21,27-28,30H,18-20H2,1-2H3/t27-,28+,30+/m0/s1. The molecule has 0 radical (unpaired) electrons. The van der Waals surface area contributed by atoms with E-state index in [0.29, 0.717) is 34.5 Å². The molecule has 3 aromatic heterocycles. The number of carbonyl (C=O) groups is 2. The number of halogens is 1. The van der Waals surface area contributed by atoms with Crippen molar-refractivity contribution in [2.24, 2.45) is 0 Å². The van der Waals surface area contributed by atoms with Crippen molar-refractivity contribution < 1.29 is 23.8 Å². The number of esters is 2. The number of aryl methyl sites for hydroxylation is 2. The third-order valence-electron chi connectivity index (χ3n) is 8.23. The molecule has 0 spiro atoms. The number of fused-ring (bicyclic) bond motifs is 1. The monoisotopic (exact) mass is 662 g/mol. The van der Waals surface area contributed by atoms with E-state index in [1.54, 1.807) is 47.6 Å². The molecule has 12 heteroatoms. The molecule has 1 saturated heterocycles. The highest BCUT2D eigenvalue weighted by Gasteiger charge is 2.41. The minimum atomic E-state index is -0.765. The molecule has 48 heavy (non-hydrogen) atoms. The molecule has 3 atom stereocenters. The Balaban J connectivity index is 1.17.